The number of para-hydroxylation sites is 3. The summed E-state index contributed by atoms with van der Waals surface area (Å²) in [6.45, 7) is 19.3. The summed E-state index contributed by atoms with van der Waals surface area (Å²) in [5.41, 5.74) is 15.7. The molecule has 10 aromatic rings. The van der Waals surface area contributed by atoms with Crippen molar-refractivity contribution in [3.8, 4) is 16.8 Å². The van der Waals surface area contributed by atoms with Gasteiger partial charge in [-0.2, -0.15) is 0 Å². The molecule has 0 atom stereocenters. The number of benzene rings is 7. The lowest BCUT2D eigenvalue weighted by atomic mass is 9.80. The van der Waals surface area contributed by atoms with Crippen LogP contribution < -0.4 is 0 Å². The van der Waals surface area contributed by atoms with Crippen molar-refractivity contribution in [1.82, 2.24) is 14.0 Å². The molecule has 3 heterocycles. The van der Waals surface area contributed by atoms with Gasteiger partial charge in [-0.15, -0.1) is 0 Å². The Morgan fingerprint density at radius 2 is 1.25 bits per heavy atom. The van der Waals surface area contributed by atoms with Crippen LogP contribution in [-0.4, -0.2) is 14.0 Å². The number of aromatic nitrogens is 3. The number of hydrogen-bond acceptors (Lipinski definition) is 1. The van der Waals surface area contributed by atoms with Crippen molar-refractivity contribution in [2.45, 2.75) is 60.3 Å². The van der Waals surface area contributed by atoms with E-state index in [1.54, 1.807) is 0 Å². The average Bonchev–Trinajstić information content (AvgIpc) is 3.88. The summed E-state index contributed by atoms with van der Waals surface area (Å²) in [6.07, 6.45) is 3.08. The summed E-state index contributed by atoms with van der Waals surface area (Å²) in [5, 5.41) is 8.60. The average molecular weight is 740 g/mol. The normalized spacial score (nSPS) is 13.4. The maximum absolute atomic E-state index is 5.17. The van der Waals surface area contributed by atoms with E-state index in [9.17, 15) is 0 Å². The minimum absolute atomic E-state index is 0.0594. The van der Waals surface area contributed by atoms with Crippen LogP contribution in [0.15, 0.2) is 158 Å². The first-order valence-corrected chi connectivity index (χ1v) is 20.6. The third kappa shape index (κ3) is 5.29. The Hall–Kier alpha value is -6.45. The smallest absolute Gasteiger partial charge is 0.146 e. The minimum atomic E-state index is -0.0594. The Labute approximate surface area is 335 Å². The molecule has 0 saturated heterocycles. The first-order chi connectivity index (χ1) is 27.9. The molecule has 0 bridgehead atoms. The number of nitrogens with zero attached hydrogens (tertiary/aromatic N) is 3. The number of allylic oxidation sites excluding steroid dienone is 3. The highest BCUT2D eigenvalue weighted by Gasteiger charge is 2.36. The first-order valence-electron chi connectivity index (χ1n) is 20.6. The fraction of sp³-hybridized carbons (Fsp3) is 0.167. The van der Waals surface area contributed by atoms with Gasteiger partial charge in [0.1, 0.15) is 5.65 Å². The second-order valence-corrected chi connectivity index (χ2v) is 15.1. The van der Waals surface area contributed by atoms with Gasteiger partial charge in [0, 0.05) is 32.6 Å². The molecule has 11 rings (SSSR count). The first kappa shape index (κ1) is 36.2. The van der Waals surface area contributed by atoms with Gasteiger partial charge < -0.3 is 4.57 Å². The van der Waals surface area contributed by atoms with E-state index in [0.717, 1.165) is 34.3 Å². The largest absolute Gasteiger partial charge is 0.309 e. The van der Waals surface area contributed by atoms with Crippen molar-refractivity contribution < 1.29 is 0 Å². The van der Waals surface area contributed by atoms with Gasteiger partial charge in [0.15, 0.2) is 0 Å². The van der Waals surface area contributed by atoms with Crippen LogP contribution in [0, 0.1) is 0 Å². The molecule has 3 heteroatoms. The van der Waals surface area contributed by atoms with Crippen molar-refractivity contribution in [1.29, 1.82) is 0 Å². The van der Waals surface area contributed by atoms with Crippen molar-refractivity contribution in [2.75, 3.05) is 0 Å². The van der Waals surface area contributed by atoms with Crippen LogP contribution in [0.1, 0.15) is 66.0 Å². The van der Waals surface area contributed by atoms with Gasteiger partial charge in [-0.3, -0.25) is 4.40 Å². The zero-order valence-corrected chi connectivity index (χ0v) is 34.1. The standard InChI is InChI=1S/C50H37N3.2C2H6/c1-5-35-38-28-40-36-18-9-11-20-45(36)52(48(40)29-43(38)50(3,4)42(35)6-2)34-17-13-16-30(24-34)33-22-23-46-39(26-33)37-25-31-14-7-8-15-32(31)27-41(37)49-51-44-19-10-12-21-47(44)53(46)49;2*1-2/h5,7-29H,1,6H2,2-4H3;2*1-2H3. The number of rotatable bonds is 4. The molecule has 0 fully saturated rings. The lowest BCUT2D eigenvalue weighted by Crippen LogP contribution is -2.17. The van der Waals surface area contributed by atoms with Crippen LogP contribution in [0.25, 0.3) is 93.3 Å². The zero-order chi connectivity index (χ0) is 39.6. The maximum atomic E-state index is 5.17. The molecule has 3 aromatic heterocycles. The third-order valence-electron chi connectivity index (χ3n) is 12.1. The van der Waals surface area contributed by atoms with Crippen LogP contribution in [0.3, 0.4) is 0 Å². The van der Waals surface area contributed by atoms with Crippen molar-refractivity contribution in [2.24, 2.45) is 0 Å². The molecule has 57 heavy (non-hydrogen) atoms. The Bertz CT molecular complexity index is 3260. The summed E-state index contributed by atoms with van der Waals surface area (Å²) in [7, 11) is 0. The van der Waals surface area contributed by atoms with E-state index in [1.165, 1.54) is 82.1 Å². The number of imidazole rings is 1. The van der Waals surface area contributed by atoms with E-state index < -0.39 is 0 Å². The zero-order valence-electron chi connectivity index (χ0n) is 34.1. The molecule has 1 aliphatic carbocycles. The van der Waals surface area contributed by atoms with Crippen LogP contribution in [-0.2, 0) is 5.41 Å². The van der Waals surface area contributed by atoms with E-state index in [0.29, 0.717) is 0 Å². The van der Waals surface area contributed by atoms with Gasteiger partial charge in [0.25, 0.3) is 0 Å². The van der Waals surface area contributed by atoms with E-state index in [2.05, 4.69) is 182 Å². The van der Waals surface area contributed by atoms with Gasteiger partial charge in [-0.25, -0.2) is 4.98 Å². The summed E-state index contributed by atoms with van der Waals surface area (Å²) >= 11 is 0. The van der Waals surface area contributed by atoms with Gasteiger partial charge >= 0.3 is 0 Å². The summed E-state index contributed by atoms with van der Waals surface area (Å²) in [4.78, 5) is 5.17. The van der Waals surface area contributed by atoms with Crippen molar-refractivity contribution in [3.63, 3.8) is 0 Å². The van der Waals surface area contributed by atoms with Gasteiger partial charge in [-0.05, 0) is 117 Å². The Morgan fingerprint density at radius 1 is 0.579 bits per heavy atom. The Kier molecular flexibility index (Phi) is 8.85. The number of hydrogen-bond donors (Lipinski definition) is 0. The van der Waals surface area contributed by atoms with E-state index in [1.807, 2.05) is 27.7 Å². The fourth-order valence-corrected chi connectivity index (χ4v) is 9.61. The predicted molar refractivity (Wildman–Crippen MR) is 248 cm³/mol. The summed E-state index contributed by atoms with van der Waals surface area (Å²) in [5.74, 6) is 0. The lowest BCUT2D eigenvalue weighted by molar-refractivity contribution is 0.618. The van der Waals surface area contributed by atoms with Crippen LogP contribution in [0.2, 0.25) is 0 Å². The second kappa shape index (κ2) is 13.9. The fourth-order valence-electron chi connectivity index (χ4n) is 9.61. The Balaban J connectivity index is 0.00000103. The highest BCUT2D eigenvalue weighted by atomic mass is 15.0. The Morgan fingerprint density at radius 3 is 2.00 bits per heavy atom. The van der Waals surface area contributed by atoms with Gasteiger partial charge in [0.2, 0.25) is 0 Å². The molecule has 0 N–H and O–H groups in total. The highest BCUT2D eigenvalue weighted by Crippen LogP contribution is 2.50. The van der Waals surface area contributed by atoms with Crippen LogP contribution in [0.4, 0.5) is 0 Å². The van der Waals surface area contributed by atoms with Crippen LogP contribution >= 0.6 is 0 Å². The third-order valence-corrected chi connectivity index (χ3v) is 12.1. The molecule has 0 radical (unpaired) electrons. The molecular weight excluding hydrogens is 691 g/mol. The van der Waals surface area contributed by atoms with E-state index in [4.69, 9.17) is 4.98 Å². The van der Waals surface area contributed by atoms with E-state index in [-0.39, 0.29) is 5.41 Å². The SMILES string of the molecule is C=CC1=C(CC)C(C)(C)c2cc3c(cc21)c1ccccc1n3-c1cccc(-c2ccc3c(c2)c2cc4ccccc4cc2c2nc4ccccc4n32)c1.CC.CC. The van der Waals surface area contributed by atoms with Crippen molar-refractivity contribution >= 4 is 76.5 Å². The summed E-state index contributed by atoms with van der Waals surface area (Å²) in [6, 6.07) is 51.5. The van der Waals surface area contributed by atoms with Gasteiger partial charge in [-0.1, -0.05) is 139 Å². The van der Waals surface area contributed by atoms with Crippen molar-refractivity contribution in [3.05, 3.63) is 169 Å². The number of fused-ring (bicyclic) bond motifs is 13. The number of pyridine rings is 1. The molecule has 280 valence electrons. The summed E-state index contributed by atoms with van der Waals surface area (Å²) < 4.78 is 4.81. The van der Waals surface area contributed by atoms with Crippen LogP contribution in [0.5, 0.6) is 0 Å². The van der Waals surface area contributed by atoms with Gasteiger partial charge in [0.05, 0.1) is 27.6 Å². The monoisotopic (exact) mass is 739 g/mol. The molecule has 0 unspecified atom stereocenters. The minimum Gasteiger partial charge on any atom is -0.309 e. The maximum Gasteiger partial charge on any atom is 0.146 e. The highest BCUT2D eigenvalue weighted by molar-refractivity contribution is 6.18. The van der Waals surface area contributed by atoms with E-state index >= 15 is 0 Å². The molecule has 1 aliphatic rings. The topological polar surface area (TPSA) is 22.2 Å². The molecule has 0 aliphatic heterocycles. The predicted octanol–water partition coefficient (Wildman–Crippen LogP) is 15.4. The molecule has 0 saturated carbocycles. The molecule has 7 aromatic carbocycles. The molecule has 3 nitrogen and oxygen atoms in total. The molecular formula is C54H49N3. The molecule has 0 spiro atoms. The second-order valence-electron chi connectivity index (χ2n) is 15.1. The quantitative estimate of drug-likeness (QED) is 0.130. The lowest BCUT2D eigenvalue weighted by Gasteiger charge is -2.24. The molecule has 0 amide bonds.